The number of carbonyl (C=O) groups is 1. The van der Waals surface area contributed by atoms with Crippen molar-refractivity contribution in [3.63, 3.8) is 0 Å². The number of hydrogen-bond donors (Lipinski definition) is 3. The quantitative estimate of drug-likeness (QED) is 0.446. The first-order chi connectivity index (χ1) is 13.4. The normalized spacial score (nSPS) is 13.2. The fourth-order valence-corrected chi connectivity index (χ4v) is 2.64. The van der Waals surface area contributed by atoms with Gasteiger partial charge in [-0.3, -0.25) is 14.9 Å². The number of nitrogens with one attached hydrogen (secondary N) is 3. The second-order valence-electron chi connectivity index (χ2n) is 7.30. The van der Waals surface area contributed by atoms with E-state index in [4.69, 9.17) is 0 Å². The van der Waals surface area contributed by atoms with Crippen LogP contribution in [0.1, 0.15) is 38.7 Å². The molecule has 9 heteroatoms. The molecule has 9 nitrogen and oxygen atoms in total. The highest BCUT2D eigenvalue weighted by Crippen LogP contribution is 2.29. The van der Waals surface area contributed by atoms with E-state index < -0.39 is 4.92 Å². The molecular formula is C19H24N6O3. The number of rotatable bonds is 9. The summed E-state index contributed by atoms with van der Waals surface area (Å²) in [5.74, 6) is 0.819. The van der Waals surface area contributed by atoms with Crippen molar-refractivity contribution in [3.05, 3.63) is 46.1 Å². The Balaban J connectivity index is 1.64. The molecule has 0 aliphatic heterocycles. The Hall–Kier alpha value is -3.23. The Morgan fingerprint density at radius 1 is 1.36 bits per heavy atom. The van der Waals surface area contributed by atoms with Crippen LogP contribution in [-0.4, -0.2) is 26.8 Å². The lowest BCUT2D eigenvalue weighted by Gasteiger charge is -2.10. The highest BCUT2D eigenvalue weighted by atomic mass is 16.6. The number of nitrogens with zero attached hydrogens (tertiary/aromatic N) is 3. The van der Waals surface area contributed by atoms with Gasteiger partial charge in [0.05, 0.1) is 4.92 Å². The third kappa shape index (κ3) is 5.63. The molecule has 1 aliphatic rings. The van der Waals surface area contributed by atoms with Gasteiger partial charge in [0.2, 0.25) is 17.7 Å². The number of carbonyl (C=O) groups excluding carboxylic acids is 1. The zero-order valence-electron chi connectivity index (χ0n) is 15.9. The smallest absolute Gasteiger partial charge is 0.329 e. The maximum absolute atomic E-state index is 11.9. The van der Waals surface area contributed by atoms with Gasteiger partial charge in [0.1, 0.15) is 6.20 Å². The second kappa shape index (κ2) is 8.64. The van der Waals surface area contributed by atoms with Crippen molar-refractivity contribution in [2.24, 2.45) is 5.92 Å². The molecule has 28 heavy (non-hydrogen) atoms. The zero-order chi connectivity index (χ0) is 20.1. The lowest BCUT2D eigenvalue weighted by Crippen LogP contribution is -2.14. The Bertz CT molecular complexity index is 866. The van der Waals surface area contributed by atoms with Gasteiger partial charge in [-0.25, -0.2) is 4.98 Å². The Morgan fingerprint density at radius 3 is 2.82 bits per heavy atom. The summed E-state index contributed by atoms with van der Waals surface area (Å²) in [6.07, 6.45) is 3.65. The molecule has 1 amide bonds. The molecule has 0 saturated heterocycles. The molecule has 3 rings (SSSR count). The second-order valence-corrected chi connectivity index (χ2v) is 7.30. The van der Waals surface area contributed by atoms with E-state index in [1.165, 1.54) is 6.20 Å². The molecular weight excluding hydrogens is 360 g/mol. The summed E-state index contributed by atoms with van der Waals surface area (Å²) in [4.78, 5) is 30.9. The van der Waals surface area contributed by atoms with Crippen LogP contribution in [0.15, 0.2) is 30.5 Å². The highest BCUT2D eigenvalue weighted by Gasteiger charge is 2.26. The van der Waals surface area contributed by atoms with Crippen LogP contribution in [0.2, 0.25) is 0 Å². The largest absolute Gasteiger partial charge is 0.361 e. The lowest BCUT2D eigenvalue weighted by atomic mass is 10.1. The molecule has 1 aliphatic carbocycles. The van der Waals surface area contributed by atoms with Crippen LogP contribution in [0, 0.1) is 16.0 Å². The predicted octanol–water partition coefficient (Wildman–Crippen LogP) is 3.56. The monoisotopic (exact) mass is 384 g/mol. The van der Waals surface area contributed by atoms with Crippen molar-refractivity contribution in [1.82, 2.24) is 9.97 Å². The molecule has 0 unspecified atom stereocenters. The molecule has 1 aromatic carbocycles. The van der Waals surface area contributed by atoms with E-state index in [9.17, 15) is 14.9 Å². The van der Waals surface area contributed by atoms with Gasteiger partial charge >= 0.3 is 5.69 Å². The highest BCUT2D eigenvalue weighted by molar-refractivity contribution is 5.90. The minimum absolute atomic E-state index is 0.0189. The Kier molecular flexibility index (Phi) is 6.03. The molecule has 1 fully saturated rings. The Labute approximate surface area is 163 Å². The van der Waals surface area contributed by atoms with E-state index in [1.807, 2.05) is 38.1 Å². The summed E-state index contributed by atoms with van der Waals surface area (Å²) in [5, 5.41) is 20.2. The van der Waals surface area contributed by atoms with Crippen LogP contribution in [0.4, 0.5) is 23.1 Å². The minimum Gasteiger partial charge on any atom is -0.361 e. The predicted molar refractivity (Wildman–Crippen MR) is 107 cm³/mol. The standard InChI is InChI=1S/C19H24N6O3/c1-12(2)8-17(26)22-15-5-3-4-13(9-15)10-20-19-21-11-16(25(27)28)18(24-19)23-14-6-7-14/h3-5,9,11-12,14H,6-8,10H2,1-2H3,(H,22,26)(H2,20,21,23,24). The van der Waals surface area contributed by atoms with Crippen molar-refractivity contribution in [1.29, 1.82) is 0 Å². The first kappa shape index (κ1) is 19.5. The van der Waals surface area contributed by atoms with E-state index in [0.29, 0.717) is 24.8 Å². The molecule has 1 aromatic heterocycles. The van der Waals surface area contributed by atoms with Gasteiger partial charge in [0.25, 0.3) is 0 Å². The molecule has 0 spiro atoms. The number of nitro groups is 1. The van der Waals surface area contributed by atoms with Gasteiger partial charge in [0, 0.05) is 24.7 Å². The van der Waals surface area contributed by atoms with Crippen LogP contribution in [-0.2, 0) is 11.3 Å². The average molecular weight is 384 g/mol. The van der Waals surface area contributed by atoms with Crippen molar-refractivity contribution < 1.29 is 9.72 Å². The molecule has 0 atom stereocenters. The molecule has 0 radical (unpaired) electrons. The van der Waals surface area contributed by atoms with Crippen molar-refractivity contribution in [2.75, 3.05) is 16.0 Å². The fourth-order valence-electron chi connectivity index (χ4n) is 2.64. The van der Waals surface area contributed by atoms with Gasteiger partial charge in [-0.1, -0.05) is 26.0 Å². The van der Waals surface area contributed by atoms with Crippen molar-refractivity contribution in [2.45, 2.75) is 45.7 Å². The zero-order valence-corrected chi connectivity index (χ0v) is 15.9. The van der Waals surface area contributed by atoms with Gasteiger partial charge in [0.15, 0.2) is 0 Å². The molecule has 0 bridgehead atoms. The molecule has 148 valence electrons. The summed E-state index contributed by atoms with van der Waals surface area (Å²) in [7, 11) is 0. The average Bonchev–Trinajstić information content (AvgIpc) is 3.43. The van der Waals surface area contributed by atoms with E-state index >= 15 is 0 Å². The lowest BCUT2D eigenvalue weighted by molar-refractivity contribution is -0.384. The molecule has 1 saturated carbocycles. The topological polar surface area (TPSA) is 122 Å². The first-order valence-corrected chi connectivity index (χ1v) is 9.31. The van der Waals surface area contributed by atoms with Crippen LogP contribution >= 0.6 is 0 Å². The summed E-state index contributed by atoms with van der Waals surface area (Å²) in [5.41, 5.74) is 1.53. The summed E-state index contributed by atoms with van der Waals surface area (Å²) >= 11 is 0. The van der Waals surface area contributed by atoms with Crippen LogP contribution in [0.5, 0.6) is 0 Å². The third-order valence-electron chi connectivity index (χ3n) is 4.14. The maximum atomic E-state index is 11.9. The van der Waals surface area contributed by atoms with Crippen molar-refractivity contribution in [3.8, 4) is 0 Å². The van der Waals surface area contributed by atoms with E-state index in [2.05, 4.69) is 25.9 Å². The number of aromatic nitrogens is 2. The van der Waals surface area contributed by atoms with Gasteiger partial charge in [-0.15, -0.1) is 0 Å². The summed E-state index contributed by atoms with van der Waals surface area (Å²) < 4.78 is 0. The third-order valence-corrected chi connectivity index (χ3v) is 4.14. The van der Waals surface area contributed by atoms with Crippen LogP contribution in [0.3, 0.4) is 0 Å². The Morgan fingerprint density at radius 2 is 2.14 bits per heavy atom. The van der Waals surface area contributed by atoms with Crippen LogP contribution < -0.4 is 16.0 Å². The number of benzene rings is 1. The molecule has 2 aromatic rings. The first-order valence-electron chi connectivity index (χ1n) is 9.31. The molecule has 3 N–H and O–H groups in total. The summed E-state index contributed by atoms with van der Waals surface area (Å²) in [6.45, 7) is 4.42. The van der Waals surface area contributed by atoms with E-state index in [1.54, 1.807) is 0 Å². The number of amides is 1. The van der Waals surface area contributed by atoms with Crippen LogP contribution in [0.25, 0.3) is 0 Å². The maximum Gasteiger partial charge on any atom is 0.329 e. The number of hydrogen-bond acceptors (Lipinski definition) is 7. The van der Waals surface area contributed by atoms with Gasteiger partial charge in [-0.05, 0) is 36.5 Å². The minimum atomic E-state index is -0.488. The summed E-state index contributed by atoms with van der Waals surface area (Å²) in [6, 6.07) is 7.73. The SMILES string of the molecule is CC(C)CC(=O)Nc1cccc(CNc2ncc([N+](=O)[O-])c(NC3CC3)n2)c1. The van der Waals surface area contributed by atoms with Gasteiger partial charge in [-0.2, -0.15) is 4.98 Å². The van der Waals surface area contributed by atoms with Crippen molar-refractivity contribution >= 4 is 29.0 Å². The molecule has 1 heterocycles. The van der Waals surface area contributed by atoms with Gasteiger partial charge < -0.3 is 16.0 Å². The van der Waals surface area contributed by atoms with E-state index in [0.717, 1.165) is 24.1 Å². The fraction of sp³-hybridized carbons (Fsp3) is 0.421. The van der Waals surface area contributed by atoms with E-state index in [-0.39, 0.29) is 23.5 Å². The number of anilines is 3.